The summed E-state index contributed by atoms with van der Waals surface area (Å²) in [5.74, 6) is -1.88. The zero-order chi connectivity index (χ0) is 14.0. The Morgan fingerprint density at radius 1 is 1.47 bits per heavy atom. The second-order valence-electron chi connectivity index (χ2n) is 3.78. The molecule has 1 aromatic rings. The molecule has 100 valence electrons. The molecule has 0 radical (unpaired) electrons. The van der Waals surface area contributed by atoms with Crippen LogP contribution in [-0.4, -0.2) is 29.5 Å². The van der Waals surface area contributed by atoms with Gasteiger partial charge >= 0.3 is 5.97 Å². The molecule has 0 bridgehead atoms. The second-order valence-corrected chi connectivity index (χ2v) is 4.19. The number of ether oxygens (including phenoxy) is 1. The fourth-order valence-electron chi connectivity index (χ4n) is 1.53. The predicted molar refractivity (Wildman–Crippen MR) is 66.5 cm³/mol. The normalized spacial score (nSPS) is 13.0. The standard InChI is InChI=1S/C11H9ClN2O5/c12-5-1-7-8(19-4-10(16)14-7)2-6(5)13-9(15)3-11(17)18/h1-2H,3-4H2,(H,13,15)(H,14,16)(H,17,18). The van der Waals surface area contributed by atoms with E-state index in [0.29, 0.717) is 11.4 Å². The molecule has 1 aliphatic rings. The number of aliphatic carboxylic acids is 1. The molecular weight excluding hydrogens is 276 g/mol. The van der Waals surface area contributed by atoms with Crippen LogP contribution in [0.4, 0.5) is 11.4 Å². The summed E-state index contributed by atoms with van der Waals surface area (Å²) in [6.07, 6.45) is -0.662. The van der Waals surface area contributed by atoms with Gasteiger partial charge in [-0.15, -0.1) is 0 Å². The van der Waals surface area contributed by atoms with Crippen molar-refractivity contribution in [2.75, 3.05) is 17.2 Å². The lowest BCUT2D eigenvalue weighted by atomic mass is 10.2. The van der Waals surface area contributed by atoms with E-state index in [1.807, 2.05) is 0 Å². The van der Waals surface area contributed by atoms with Crippen LogP contribution in [0, 0.1) is 0 Å². The number of fused-ring (bicyclic) bond motifs is 1. The number of rotatable bonds is 3. The number of hydrogen-bond acceptors (Lipinski definition) is 4. The van der Waals surface area contributed by atoms with Crippen LogP contribution in [0.5, 0.6) is 5.75 Å². The highest BCUT2D eigenvalue weighted by Gasteiger charge is 2.19. The van der Waals surface area contributed by atoms with E-state index in [1.54, 1.807) is 0 Å². The van der Waals surface area contributed by atoms with E-state index in [9.17, 15) is 14.4 Å². The van der Waals surface area contributed by atoms with Gasteiger partial charge in [-0.05, 0) is 6.07 Å². The van der Waals surface area contributed by atoms with Gasteiger partial charge in [0.15, 0.2) is 6.61 Å². The maximum atomic E-state index is 11.3. The fraction of sp³-hybridized carbons (Fsp3) is 0.182. The van der Waals surface area contributed by atoms with Crippen LogP contribution < -0.4 is 15.4 Å². The minimum atomic E-state index is -1.24. The summed E-state index contributed by atoms with van der Waals surface area (Å²) in [6.45, 7) is -0.128. The molecule has 0 spiro atoms. The highest BCUT2D eigenvalue weighted by Crippen LogP contribution is 2.36. The Labute approximate surface area is 112 Å². The van der Waals surface area contributed by atoms with Crippen molar-refractivity contribution in [1.29, 1.82) is 0 Å². The highest BCUT2D eigenvalue weighted by molar-refractivity contribution is 6.34. The topological polar surface area (TPSA) is 105 Å². The molecule has 0 unspecified atom stereocenters. The second kappa shape index (κ2) is 5.15. The molecule has 2 amide bonds. The number of carbonyl (C=O) groups excluding carboxylic acids is 2. The van der Waals surface area contributed by atoms with Crippen LogP contribution in [0.1, 0.15) is 6.42 Å². The Balaban J connectivity index is 2.21. The lowest BCUT2D eigenvalue weighted by molar-refractivity contribution is -0.139. The Kier molecular flexibility index (Phi) is 3.57. The van der Waals surface area contributed by atoms with E-state index in [0.717, 1.165) is 0 Å². The third kappa shape index (κ3) is 3.14. The number of carboxylic acids is 1. The van der Waals surface area contributed by atoms with Crippen molar-refractivity contribution >= 4 is 40.8 Å². The number of nitrogens with one attached hydrogen (secondary N) is 2. The van der Waals surface area contributed by atoms with Crippen LogP contribution >= 0.6 is 11.6 Å². The first-order valence-corrected chi connectivity index (χ1v) is 5.61. The number of carboxylic acid groups (broad SMARTS) is 1. The summed E-state index contributed by atoms with van der Waals surface area (Å²) in [5.41, 5.74) is 0.625. The largest absolute Gasteiger partial charge is 0.482 e. The van der Waals surface area contributed by atoms with Gasteiger partial charge in [-0.25, -0.2) is 0 Å². The van der Waals surface area contributed by atoms with Gasteiger partial charge in [0.1, 0.15) is 12.2 Å². The van der Waals surface area contributed by atoms with E-state index >= 15 is 0 Å². The summed E-state index contributed by atoms with van der Waals surface area (Å²) < 4.78 is 5.16. The summed E-state index contributed by atoms with van der Waals surface area (Å²) in [4.78, 5) is 32.8. The first-order valence-electron chi connectivity index (χ1n) is 5.23. The molecule has 1 aliphatic heterocycles. The average molecular weight is 285 g/mol. The molecule has 7 nitrogen and oxygen atoms in total. The van der Waals surface area contributed by atoms with Gasteiger partial charge in [0.25, 0.3) is 5.91 Å². The molecule has 8 heteroatoms. The zero-order valence-electron chi connectivity index (χ0n) is 9.53. The molecule has 0 saturated carbocycles. The quantitative estimate of drug-likeness (QED) is 0.721. The van der Waals surface area contributed by atoms with Gasteiger partial charge in [0.2, 0.25) is 5.91 Å². The molecule has 2 rings (SSSR count). The number of benzene rings is 1. The van der Waals surface area contributed by atoms with E-state index < -0.39 is 18.3 Å². The molecule has 1 aromatic carbocycles. The van der Waals surface area contributed by atoms with Crippen molar-refractivity contribution < 1.29 is 24.2 Å². The molecule has 0 aliphatic carbocycles. The molecular formula is C11H9ClN2O5. The number of carbonyl (C=O) groups is 3. The Morgan fingerprint density at radius 3 is 2.89 bits per heavy atom. The zero-order valence-corrected chi connectivity index (χ0v) is 10.3. The van der Waals surface area contributed by atoms with Crippen LogP contribution in [0.2, 0.25) is 5.02 Å². The minimum absolute atomic E-state index is 0.128. The number of anilines is 2. The molecule has 0 aromatic heterocycles. The summed E-state index contributed by atoms with van der Waals surface area (Å²) in [5, 5.41) is 13.6. The first-order chi connectivity index (χ1) is 8.95. The van der Waals surface area contributed by atoms with Gasteiger partial charge < -0.3 is 20.5 Å². The summed E-state index contributed by atoms with van der Waals surface area (Å²) >= 11 is 5.92. The summed E-state index contributed by atoms with van der Waals surface area (Å²) in [6, 6.07) is 2.85. The first kappa shape index (κ1) is 13.2. The third-order valence-corrected chi connectivity index (χ3v) is 2.60. The van der Waals surface area contributed by atoms with Gasteiger partial charge in [0, 0.05) is 6.07 Å². The van der Waals surface area contributed by atoms with Crippen LogP contribution in [-0.2, 0) is 14.4 Å². The van der Waals surface area contributed by atoms with E-state index in [4.69, 9.17) is 21.4 Å². The number of hydrogen-bond donors (Lipinski definition) is 3. The van der Waals surface area contributed by atoms with Crippen molar-refractivity contribution in [3.8, 4) is 5.75 Å². The van der Waals surface area contributed by atoms with Crippen LogP contribution in [0.15, 0.2) is 12.1 Å². The van der Waals surface area contributed by atoms with E-state index in [2.05, 4.69) is 10.6 Å². The van der Waals surface area contributed by atoms with E-state index in [1.165, 1.54) is 12.1 Å². The summed E-state index contributed by atoms with van der Waals surface area (Å²) in [7, 11) is 0. The number of amides is 2. The van der Waals surface area contributed by atoms with Gasteiger partial charge in [-0.3, -0.25) is 14.4 Å². The van der Waals surface area contributed by atoms with Gasteiger partial charge in [-0.1, -0.05) is 11.6 Å². The molecule has 3 N–H and O–H groups in total. The molecule has 19 heavy (non-hydrogen) atoms. The van der Waals surface area contributed by atoms with Crippen molar-refractivity contribution in [3.63, 3.8) is 0 Å². The third-order valence-electron chi connectivity index (χ3n) is 2.29. The van der Waals surface area contributed by atoms with Crippen molar-refractivity contribution in [2.24, 2.45) is 0 Å². The molecule has 1 heterocycles. The van der Waals surface area contributed by atoms with Crippen molar-refractivity contribution in [3.05, 3.63) is 17.2 Å². The Hall–Kier alpha value is -2.28. The fourth-order valence-corrected chi connectivity index (χ4v) is 1.74. The lowest BCUT2D eigenvalue weighted by Gasteiger charge is -2.19. The average Bonchev–Trinajstić information content (AvgIpc) is 2.29. The molecule has 0 saturated heterocycles. The Bertz CT molecular complexity index is 572. The Morgan fingerprint density at radius 2 is 2.21 bits per heavy atom. The smallest absolute Gasteiger partial charge is 0.312 e. The molecule has 0 atom stereocenters. The van der Waals surface area contributed by atoms with Crippen LogP contribution in [0.25, 0.3) is 0 Å². The monoisotopic (exact) mass is 284 g/mol. The predicted octanol–water partition coefficient (Wildman–Crippen LogP) is 1.08. The SMILES string of the molecule is O=C(O)CC(=O)Nc1cc2c(cc1Cl)NC(=O)CO2. The van der Waals surface area contributed by atoms with Gasteiger partial charge in [-0.2, -0.15) is 0 Å². The highest BCUT2D eigenvalue weighted by atomic mass is 35.5. The number of halogens is 1. The maximum absolute atomic E-state index is 11.3. The lowest BCUT2D eigenvalue weighted by Crippen LogP contribution is -2.25. The van der Waals surface area contributed by atoms with Crippen molar-refractivity contribution in [2.45, 2.75) is 6.42 Å². The maximum Gasteiger partial charge on any atom is 0.312 e. The molecule has 0 fully saturated rings. The van der Waals surface area contributed by atoms with Gasteiger partial charge in [0.05, 0.1) is 16.4 Å². The van der Waals surface area contributed by atoms with Crippen molar-refractivity contribution in [1.82, 2.24) is 0 Å². The minimum Gasteiger partial charge on any atom is -0.482 e. The van der Waals surface area contributed by atoms with Crippen LogP contribution in [0.3, 0.4) is 0 Å². The van der Waals surface area contributed by atoms with E-state index in [-0.39, 0.29) is 23.2 Å².